The Balaban J connectivity index is 1.68. The molecule has 0 heteroatoms. The molecule has 0 nitrogen and oxygen atoms in total. The largest absolute Gasteiger partial charge is 0.0622 e. The molecule has 0 amide bonds. The number of aryl methyl sites for hydroxylation is 2. The van der Waals surface area contributed by atoms with Crippen LogP contribution in [0.4, 0.5) is 0 Å². The van der Waals surface area contributed by atoms with E-state index in [0.717, 1.165) is 12.8 Å². The second-order valence-corrected chi connectivity index (χ2v) is 7.63. The van der Waals surface area contributed by atoms with Crippen molar-refractivity contribution in [3.63, 3.8) is 0 Å². The quantitative estimate of drug-likeness (QED) is 0.353. The summed E-state index contributed by atoms with van der Waals surface area (Å²) in [6.07, 6.45) is 1.92. The van der Waals surface area contributed by atoms with Gasteiger partial charge in [0.1, 0.15) is 0 Å². The van der Waals surface area contributed by atoms with Crippen LogP contribution < -0.4 is 0 Å². The second-order valence-electron chi connectivity index (χ2n) is 7.63. The van der Waals surface area contributed by atoms with E-state index in [1.165, 1.54) is 44.5 Å². The molecule has 0 unspecified atom stereocenters. The van der Waals surface area contributed by atoms with Crippen molar-refractivity contribution in [2.75, 3.05) is 0 Å². The van der Waals surface area contributed by atoms with Crippen molar-refractivity contribution in [1.29, 1.82) is 0 Å². The van der Waals surface area contributed by atoms with Crippen molar-refractivity contribution in [3.8, 4) is 11.1 Å². The van der Waals surface area contributed by atoms with Crippen molar-refractivity contribution in [1.82, 2.24) is 0 Å². The molecule has 0 bridgehead atoms. The van der Waals surface area contributed by atoms with Gasteiger partial charge >= 0.3 is 0 Å². The second kappa shape index (κ2) is 8.27. The molecule has 28 heavy (non-hydrogen) atoms. The summed E-state index contributed by atoms with van der Waals surface area (Å²) in [6.45, 7) is 4.35. The summed E-state index contributed by atoms with van der Waals surface area (Å²) in [5.41, 5.74) is 10.8. The highest BCUT2D eigenvalue weighted by atomic mass is 14.1. The van der Waals surface area contributed by atoms with Gasteiger partial charge < -0.3 is 0 Å². The van der Waals surface area contributed by atoms with Gasteiger partial charge in [0.15, 0.2) is 0 Å². The fourth-order valence-electron chi connectivity index (χ4n) is 3.76. The third kappa shape index (κ3) is 4.23. The molecule has 138 valence electrons. The molecule has 0 saturated carbocycles. The maximum Gasteiger partial charge on any atom is -0.00196 e. The number of benzene rings is 4. The van der Waals surface area contributed by atoms with Crippen LogP contribution in [-0.2, 0) is 12.8 Å². The zero-order valence-corrected chi connectivity index (χ0v) is 16.7. The topological polar surface area (TPSA) is 0 Å². The molecule has 4 aromatic carbocycles. The van der Waals surface area contributed by atoms with Crippen molar-refractivity contribution >= 4 is 0 Å². The minimum Gasteiger partial charge on any atom is -0.0622 e. The van der Waals surface area contributed by atoms with Crippen molar-refractivity contribution in [2.24, 2.45) is 0 Å². The van der Waals surface area contributed by atoms with E-state index in [0.29, 0.717) is 0 Å². The first kappa shape index (κ1) is 18.3. The van der Waals surface area contributed by atoms with E-state index in [9.17, 15) is 0 Å². The van der Waals surface area contributed by atoms with Crippen LogP contribution in [0.15, 0.2) is 97.1 Å². The molecule has 0 aliphatic carbocycles. The maximum atomic E-state index is 2.37. The molecule has 0 saturated heterocycles. The zero-order chi connectivity index (χ0) is 19.3. The van der Waals surface area contributed by atoms with Gasteiger partial charge in [0, 0.05) is 0 Å². The summed E-state index contributed by atoms with van der Waals surface area (Å²) in [5, 5.41) is 0. The van der Waals surface area contributed by atoms with Crippen molar-refractivity contribution in [2.45, 2.75) is 26.7 Å². The maximum absolute atomic E-state index is 2.37. The summed E-state index contributed by atoms with van der Waals surface area (Å²) in [5.74, 6) is 0. The molecule has 4 aromatic rings. The van der Waals surface area contributed by atoms with Crippen LogP contribution in [0.25, 0.3) is 11.1 Å². The lowest BCUT2D eigenvalue weighted by atomic mass is 9.90. The van der Waals surface area contributed by atoms with Gasteiger partial charge in [-0.25, -0.2) is 0 Å². The highest BCUT2D eigenvalue weighted by Gasteiger charge is 2.09. The predicted molar refractivity (Wildman–Crippen MR) is 120 cm³/mol. The van der Waals surface area contributed by atoms with Crippen LogP contribution in [0, 0.1) is 13.8 Å². The van der Waals surface area contributed by atoms with Gasteiger partial charge in [0.2, 0.25) is 0 Å². The summed E-state index contributed by atoms with van der Waals surface area (Å²) in [4.78, 5) is 0. The fourth-order valence-corrected chi connectivity index (χ4v) is 3.76. The highest BCUT2D eigenvalue weighted by molar-refractivity contribution is 5.72. The summed E-state index contributed by atoms with van der Waals surface area (Å²) in [7, 11) is 0. The molecule has 4 rings (SSSR count). The summed E-state index contributed by atoms with van der Waals surface area (Å²) >= 11 is 0. The van der Waals surface area contributed by atoms with E-state index in [1.54, 1.807) is 0 Å². The third-order valence-electron chi connectivity index (χ3n) is 5.38. The lowest BCUT2D eigenvalue weighted by Crippen LogP contribution is -1.96. The fraction of sp³-hybridized carbons (Fsp3) is 0.143. The average Bonchev–Trinajstić information content (AvgIpc) is 2.72. The Bertz CT molecular complexity index is 1060. The normalized spacial score (nSPS) is 10.8. The van der Waals surface area contributed by atoms with Crippen molar-refractivity contribution in [3.05, 3.63) is 130 Å². The number of hydrogen-bond acceptors (Lipinski definition) is 0. The summed E-state index contributed by atoms with van der Waals surface area (Å²) in [6, 6.07) is 35.3. The minimum atomic E-state index is 0.957. The van der Waals surface area contributed by atoms with Gasteiger partial charge in [-0.15, -0.1) is 0 Å². The molecule has 0 radical (unpaired) electrons. The van der Waals surface area contributed by atoms with E-state index < -0.39 is 0 Å². The molecular weight excluding hydrogens is 336 g/mol. The van der Waals surface area contributed by atoms with Gasteiger partial charge in [-0.3, -0.25) is 0 Å². The SMILES string of the molecule is Cc1ccc(Cc2ccc(C)c(-c3ccccc3Cc3ccccc3)c2)cc1. The van der Waals surface area contributed by atoms with E-state index in [1.807, 2.05) is 0 Å². The van der Waals surface area contributed by atoms with E-state index in [-0.39, 0.29) is 0 Å². The Morgan fingerprint density at radius 1 is 0.500 bits per heavy atom. The van der Waals surface area contributed by atoms with E-state index in [4.69, 9.17) is 0 Å². The Kier molecular flexibility index (Phi) is 5.39. The van der Waals surface area contributed by atoms with Gasteiger partial charge in [0.05, 0.1) is 0 Å². The molecular formula is C28H26. The molecule has 0 aliphatic rings. The first-order chi connectivity index (χ1) is 13.7. The Morgan fingerprint density at radius 2 is 1.14 bits per heavy atom. The van der Waals surface area contributed by atoms with Gasteiger partial charge in [0.25, 0.3) is 0 Å². The Hall–Kier alpha value is -3.12. The lowest BCUT2D eigenvalue weighted by molar-refractivity contribution is 1.17. The van der Waals surface area contributed by atoms with E-state index >= 15 is 0 Å². The van der Waals surface area contributed by atoms with Gasteiger partial charge in [-0.1, -0.05) is 103 Å². The summed E-state index contributed by atoms with van der Waals surface area (Å²) < 4.78 is 0. The molecule has 0 spiro atoms. The predicted octanol–water partition coefficient (Wildman–Crippen LogP) is 7.15. The number of rotatable bonds is 5. The standard InChI is InChI=1S/C28H26/c1-21-12-15-24(16-13-21)18-25-17-14-22(2)28(20-25)27-11-7-6-10-26(27)19-23-8-4-3-5-9-23/h3-17,20H,18-19H2,1-2H3. The van der Waals surface area contributed by atoms with Crippen molar-refractivity contribution < 1.29 is 0 Å². The van der Waals surface area contributed by atoms with Crippen LogP contribution in [-0.4, -0.2) is 0 Å². The highest BCUT2D eigenvalue weighted by Crippen LogP contribution is 2.30. The molecule has 0 fully saturated rings. The molecule has 0 N–H and O–H groups in total. The van der Waals surface area contributed by atoms with Crippen LogP contribution in [0.2, 0.25) is 0 Å². The van der Waals surface area contributed by atoms with Crippen LogP contribution in [0.5, 0.6) is 0 Å². The van der Waals surface area contributed by atoms with E-state index in [2.05, 4.69) is 111 Å². The Morgan fingerprint density at radius 3 is 1.93 bits per heavy atom. The lowest BCUT2D eigenvalue weighted by Gasteiger charge is -2.14. The molecule has 0 aliphatic heterocycles. The van der Waals surface area contributed by atoms with Gasteiger partial charge in [-0.2, -0.15) is 0 Å². The van der Waals surface area contributed by atoms with Gasteiger partial charge in [-0.05, 0) is 65.6 Å². The number of hydrogen-bond donors (Lipinski definition) is 0. The van der Waals surface area contributed by atoms with Crippen LogP contribution in [0.1, 0.15) is 33.4 Å². The first-order valence-electron chi connectivity index (χ1n) is 9.96. The smallest absolute Gasteiger partial charge is 0.00196 e. The average molecular weight is 363 g/mol. The Labute approximate surface area is 168 Å². The van der Waals surface area contributed by atoms with Crippen LogP contribution in [0.3, 0.4) is 0 Å². The minimum absolute atomic E-state index is 0.957. The van der Waals surface area contributed by atoms with Crippen LogP contribution >= 0.6 is 0 Å². The third-order valence-corrected chi connectivity index (χ3v) is 5.38. The zero-order valence-electron chi connectivity index (χ0n) is 16.7. The molecule has 0 heterocycles. The molecule has 0 aromatic heterocycles. The molecule has 0 atom stereocenters. The first-order valence-corrected chi connectivity index (χ1v) is 9.96. The monoisotopic (exact) mass is 362 g/mol.